The van der Waals surface area contributed by atoms with Gasteiger partial charge in [0, 0.05) is 52.6 Å². The average molecular weight is 971 g/mol. The molecule has 9 aliphatic carbocycles. The highest BCUT2D eigenvalue weighted by atomic mass is 15.0. The molecule has 0 amide bonds. The van der Waals surface area contributed by atoms with E-state index in [-0.39, 0.29) is 0 Å². The lowest BCUT2D eigenvalue weighted by atomic mass is 9.47. The summed E-state index contributed by atoms with van der Waals surface area (Å²) in [7, 11) is 6.67. The standard InChI is InChI=1S/C25H28N.2C23H24N/c1-15-7-6-8-22-18(15)11-12-23(26(22)5)24-16(2)9-10-19-20(24)13-17-14-21(19)25(17,3)4;1-14-5-4-6-21-18(14)9-10-22(24(21)3)23-15(2)7-8-19-17-11-16(12-17)13-20(19)23;1-14-5-4-6-20-19(14)9-10-21(24(20)3)22-15(2)7-8-17-11-16-12-18(13-16)23(17)22/h6-12,17,21H,13-14H2,1-5H3;4-10,16-17H,11-13H2,1-3H3;4-10,16,18H,11-13H2,1-3H3/q3*+1. The third-order valence-corrected chi connectivity index (χ3v) is 20.3. The maximum atomic E-state index is 2.47. The van der Waals surface area contributed by atoms with E-state index in [4.69, 9.17) is 0 Å². The first-order valence-corrected chi connectivity index (χ1v) is 28.2. The highest BCUT2D eigenvalue weighted by Crippen LogP contribution is 2.63. The van der Waals surface area contributed by atoms with Crippen molar-refractivity contribution in [3.63, 3.8) is 0 Å². The van der Waals surface area contributed by atoms with Crippen LogP contribution in [-0.4, -0.2) is 0 Å². The van der Waals surface area contributed by atoms with Crippen molar-refractivity contribution in [1.29, 1.82) is 0 Å². The molecule has 0 saturated heterocycles. The number of fused-ring (bicyclic) bond motifs is 3. The molecule has 372 valence electrons. The molecule has 2 unspecified atom stereocenters. The smallest absolute Gasteiger partial charge is 0.194 e. The molecule has 6 bridgehead atoms. The van der Waals surface area contributed by atoms with Crippen LogP contribution in [0.1, 0.15) is 130 Å². The lowest BCUT2D eigenvalue weighted by molar-refractivity contribution is -0.633. The van der Waals surface area contributed by atoms with Crippen LogP contribution in [-0.2, 0) is 40.4 Å². The Labute approximate surface area is 441 Å². The second-order valence-electron chi connectivity index (χ2n) is 24.8. The summed E-state index contributed by atoms with van der Waals surface area (Å²) in [6, 6.07) is 48.0. The van der Waals surface area contributed by atoms with E-state index in [0.29, 0.717) is 5.41 Å². The Kier molecular flexibility index (Phi) is 11.2. The number of pyridine rings is 3. The summed E-state index contributed by atoms with van der Waals surface area (Å²) in [6.07, 6.45) is 10.8. The molecule has 3 saturated carbocycles. The summed E-state index contributed by atoms with van der Waals surface area (Å²) in [5, 5.41) is 4.06. The van der Waals surface area contributed by atoms with Crippen molar-refractivity contribution in [3.8, 4) is 33.8 Å². The molecule has 2 atom stereocenters. The van der Waals surface area contributed by atoms with E-state index >= 15 is 0 Å². The Bertz CT molecular complexity index is 3800. The van der Waals surface area contributed by atoms with Gasteiger partial charge < -0.3 is 0 Å². The van der Waals surface area contributed by atoms with Crippen molar-refractivity contribution in [3.05, 3.63) is 194 Å². The third kappa shape index (κ3) is 7.29. The Balaban J connectivity index is 0.000000107. The zero-order valence-electron chi connectivity index (χ0n) is 46.1. The number of aromatic nitrogens is 3. The molecule has 74 heavy (non-hydrogen) atoms. The van der Waals surface area contributed by atoms with Gasteiger partial charge in [0.25, 0.3) is 0 Å². The predicted molar refractivity (Wildman–Crippen MR) is 307 cm³/mol. The van der Waals surface area contributed by atoms with Crippen LogP contribution in [0.25, 0.3) is 66.5 Å². The molecule has 9 aromatic rings. The number of hydrogen-bond donors (Lipinski definition) is 0. The molecule has 3 heteroatoms. The van der Waals surface area contributed by atoms with Gasteiger partial charge in [-0.3, -0.25) is 0 Å². The minimum Gasteiger partial charge on any atom is -0.194 e. The van der Waals surface area contributed by atoms with Gasteiger partial charge >= 0.3 is 0 Å². The first-order valence-electron chi connectivity index (χ1n) is 28.2. The summed E-state index contributed by atoms with van der Waals surface area (Å²) >= 11 is 0. The summed E-state index contributed by atoms with van der Waals surface area (Å²) < 4.78 is 7.19. The molecule has 9 aliphatic rings. The molecular weight excluding hydrogens is 895 g/mol. The third-order valence-electron chi connectivity index (χ3n) is 20.3. The number of aryl methyl sites for hydroxylation is 9. The lowest BCUT2D eigenvalue weighted by Gasteiger charge is -2.57. The van der Waals surface area contributed by atoms with Crippen LogP contribution in [0.5, 0.6) is 0 Å². The summed E-state index contributed by atoms with van der Waals surface area (Å²) in [5.41, 5.74) is 31.0. The average Bonchev–Trinajstić information content (AvgIpc) is 3.39. The lowest BCUT2D eigenvalue weighted by Crippen LogP contribution is -2.48. The van der Waals surface area contributed by atoms with Gasteiger partial charge in [-0.15, -0.1) is 0 Å². The van der Waals surface area contributed by atoms with Gasteiger partial charge in [0.15, 0.2) is 0 Å². The van der Waals surface area contributed by atoms with Crippen LogP contribution < -0.4 is 13.7 Å². The maximum absolute atomic E-state index is 2.47. The van der Waals surface area contributed by atoms with Crippen LogP contribution in [0.4, 0.5) is 0 Å². The van der Waals surface area contributed by atoms with E-state index in [0.717, 1.165) is 35.5 Å². The van der Waals surface area contributed by atoms with Crippen molar-refractivity contribution in [2.45, 2.75) is 125 Å². The highest BCUT2D eigenvalue weighted by Gasteiger charge is 2.53. The fourth-order valence-electron chi connectivity index (χ4n) is 15.7. The SMILES string of the molecule is Cc1ccc2c(c1-c1ccc3c(C)cccc3[n+]1C)C1CC(C2)C1.Cc1ccc2c(c1-c1ccc3c(C)cccc3[n+]1C)CC1CC2C1.Cc1ccc2c(c1-c1ccc3c(C)cccc3[n+]1C)CC1CC2C1(C)C. The van der Waals surface area contributed by atoms with Gasteiger partial charge in [0.2, 0.25) is 33.6 Å². The fourth-order valence-corrected chi connectivity index (χ4v) is 15.7. The molecule has 0 radical (unpaired) electrons. The van der Waals surface area contributed by atoms with Crippen molar-refractivity contribution in [2.24, 2.45) is 44.3 Å². The molecule has 0 N–H and O–H groups in total. The minimum atomic E-state index is 0.474. The maximum Gasteiger partial charge on any atom is 0.213 e. The normalized spacial score (nSPS) is 21.9. The molecular formula is C71H76N3+3. The van der Waals surface area contributed by atoms with E-state index in [2.05, 4.69) is 218 Å². The first-order chi connectivity index (χ1) is 35.7. The number of hydrogen-bond acceptors (Lipinski definition) is 0. The fraction of sp³-hybridized carbons (Fsp3) is 0.366. The Hall–Kier alpha value is -6.45. The zero-order valence-corrected chi connectivity index (χ0v) is 46.1. The Morgan fingerprint density at radius 1 is 0.392 bits per heavy atom. The minimum absolute atomic E-state index is 0.474. The van der Waals surface area contributed by atoms with Gasteiger partial charge in [-0.1, -0.05) is 86.6 Å². The van der Waals surface area contributed by atoms with Crippen molar-refractivity contribution < 1.29 is 13.7 Å². The van der Waals surface area contributed by atoms with Gasteiger partial charge in [0.1, 0.15) is 21.1 Å². The molecule has 6 aromatic carbocycles. The number of benzene rings is 6. The first kappa shape index (κ1) is 47.3. The molecule has 18 rings (SSSR count). The quantitative estimate of drug-likeness (QED) is 0.156. The number of rotatable bonds is 3. The largest absolute Gasteiger partial charge is 0.213 e. The van der Waals surface area contributed by atoms with Gasteiger partial charge in [0.05, 0.1) is 16.7 Å². The van der Waals surface area contributed by atoms with Crippen LogP contribution in [0.3, 0.4) is 0 Å². The summed E-state index contributed by atoms with van der Waals surface area (Å²) in [6.45, 7) is 18.4. The summed E-state index contributed by atoms with van der Waals surface area (Å²) in [4.78, 5) is 0. The Morgan fingerprint density at radius 2 is 0.824 bits per heavy atom. The van der Waals surface area contributed by atoms with E-state index in [9.17, 15) is 0 Å². The van der Waals surface area contributed by atoms with Gasteiger partial charge in [-0.2, -0.15) is 13.7 Å². The van der Waals surface area contributed by atoms with E-state index in [1.807, 2.05) is 0 Å². The topological polar surface area (TPSA) is 11.6 Å². The van der Waals surface area contributed by atoms with Crippen LogP contribution in [0.15, 0.2) is 127 Å². The number of nitrogens with zero attached hydrogens (tertiary/aromatic N) is 3. The molecule has 0 aliphatic heterocycles. The second kappa shape index (κ2) is 17.6. The van der Waals surface area contributed by atoms with E-state index in [1.54, 1.807) is 33.4 Å². The van der Waals surface area contributed by atoms with E-state index < -0.39 is 0 Å². The van der Waals surface area contributed by atoms with Crippen LogP contribution >= 0.6 is 0 Å². The monoisotopic (exact) mass is 971 g/mol. The predicted octanol–water partition coefficient (Wildman–Crippen LogP) is 15.6. The molecule has 3 fully saturated rings. The highest BCUT2D eigenvalue weighted by molar-refractivity contribution is 5.84. The Morgan fingerprint density at radius 3 is 1.34 bits per heavy atom. The van der Waals surface area contributed by atoms with Crippen LogP contribution in [0.2, 0.25) is 0 Å². The van der Waals surface area contributed by atoms with Gasteiger partial charge in [-0.25, -0.2) is 0 Å². The molecule has 3 heterocycles. The molecule has 3 nitrogen and oxygen atoms in total. The van der Waals surface area contributed by atoms with Gasteiger partial charge in [-0.05, 0) is 219 Å². The zero-order chi connectivity index (χ0) is 51.1. The van der Waals surface area contributed by atoms with E-state index in [1.165, 1.54) is 151 Å². The van der Waals surface area contributed by atoms with Crippen molar-refractivity contribution in [1.82, 2.24) is 0 Å². The summed E-state index contributed by atoms with van der Waals surface area (Å²) in [5.74, 6) is 5.08. The van der Waals surface area contributed by atoms with Crippen molar-refractivity contribution >= 4 is 32.7 Å². The van der Waals surface area contributed by atoms with Crippen LogP contribution in [0, 0.1) is 64.7 Å². The second-order valence-corrected chi connectivity index (χ2v) is 24.8. The molecule has 0 spiro atoms. The molecule has 3 aromatic heterocycles. The van der Waals surface area contributed by atoms with Crippen molar-refractivity contribution in [2.75, 3.05) is 0 Å².